The van der Waals surface area contributed by atoms with Crippen molar-refractivity contribution in [2.24, 2.45) is 0 Å². The Kier molecular flexibility index (Phi) is 1.70. The van der Waals surface area contributed by atoms with Crippen LogP contribution in [0.25, 0.3) is 0 Å². The van der Waals surface area contributed by atoms with Gasteiger partial charge in [0.05, 0.1) is 13.2 Å². The zero-order valence-corrected chi connectivity index (χ0v) is 6.85. The molecule has 1 fully saturated rings. The van der Waals surface area contributed by atoms with Gasteiger partial charge in [-0.1, -0.05) is 6.92 Å². The molecule has 1 aliphatic heterocycles. The lowest BCUT2D eigenvalue weighted by Gasteiger charge is -2.36. The fourth-order valence-electron chi connectivity index (χ4n) is 0.882. The Bertz CT molecular complexity index is 80.5. The SMILES string of the molecule is CO[SiH2]C1(C)COC1. The second-order valence-corrected chi connectivity index (χ2v) is 5.31. The maximum Gasteiger partial charge on any atom is 0.171 e. The van der Waals surface area contributed by atoms with E-state index in [9.17, 15) is 0 Å². The quantitative estimate of drug-likeness (QED) is 0.489. The van der Waals surface area contributed by atoms with Crippen molar-refractivity contribution in [1.82, 2.24) is 0 Å². The van der Waals surface area contributed by atoms with E-state index in [1.54, 1.807) is 7.11 Å². The lowest BCUT2D eigenvalue weighted by atomic mass is 10.1. The monoisotopic (exact) mass is 132 g/mol. The minimum absolute atomic E-state index is 0.289. The van der Waals surface area contributed by atoms with Crippen LogP contribution in [0.15, 0.2) is 0 Å². The van der Waals surface area contributed by atoms with Crippen LogP contribution in [-0.4, -0.2) is 30.1 Å². The first kappa shape index (κ1) is 6.26. The Labute approximate surface area is 52.1 Å². The summed E-state index contributed by atoms with van der Waals surface area (Å²) >= 11 is 0. The van der Waals surface area contributed by atoms with Gasteiger partial charge >= 0.3 is 0 Å². The summed E-state index contributed by atoms with van der Waals surface area (Å²) in [6.45, 7) is 4.08. The number of ether oxygens (including phenoxy) is 1. The molecule has 0 bridgehead atoms. The minimum atomic E-state index is -0.289. The highest BCUT2D eigenvalue weighted by Crippen LogP contribution is 2.32. The third-order valence-corrected chi connectivity index (χ3v) is 2.79. The van der Waals surface area contributed by atoms with Crippen molar-refractivity contribution in [3.63, 3.8) is 0 Å². The predicted molar refractivity (Wildman–Crippen MR) is 34.7 cm³/mol. The van der Waals surface area contributed by atoms with Crippen molar-refractivity contribution in [2.45, 2.75) is 12.0 Å². The Morgan fingerprint density at radius 1 is 1.62 bits per heavy atom. The van der Waals surface area contributed by atoms with Gasteiger partial charge in [-0.05, 0) is 0 Å². The molecule has 8 heavy (non-hydrogen) atoms. The topological polar surface area (TPSA) is 18.5 Å². The van der Waals surface area contributed by atoms with Gasteiger partial charge in [-0.25, -0.2) is 0 Å². The molecular weight excluding hydrogens is 120 g/mol. The molecule has 2 nitrogen and oxygen atoms in total. The number of hydrogen-bond donors (Lipinski definition) is 0. The first-order valence-corrected chi connectivity index (χ1v) is 4.12. The van der Waals surface area contributed by atoms with Gasteiger partial charge < -0.3 is 9.16 Å². The molecule has 0 atom stereocenters. The van der Waals surface area contributed by atoms with E-state index < -0.39 is 0 Å². The van der Waals surface area contributed by atoms with E-state index in [1.165, 1.54) is 0 Å². The number of rotatable bonds is 2. The second kappa shape index (κ2) is 2.17. The molecule has 1 heterocycles. The molecule has 0 aromatic carbocycles. The molecule has 48 valence electrons. The zero-order chi connectivity index (χ0) is 6.04. The van der Waals surface area contributed by atoms with Crippen molar-refractivity contribution in [2.75, 3.05) is 20.3 Å². The van der Waals surface area contributed by atoms with Crippen LogP contribution in [0.2, 0.25) is 5.04 Å². The molecule has 1 saturated heterocycles. The average Bonchev–Trinajstić information content (AvgIpc) is 1.64. The molecule has 0 amide bonds. The van der Waals surface area contributed by atoms with E-state index >= 15 is 0 Å². The summed E-state index contributed by atoms with van der Waals surface area (Å²) in [6, 6.07) is 0. The Hall–Kier alpha value is 0.137. The van der Waals surface area contributed by atoms with E-state index in [0.29, 0.717) is 5.04 Å². The van der Waals surface area contributed by atoms with Crippen molar-refractivity contribution < 1.29 is 9.16 Å². The molecule has 1 aliphatic rings. The summed E-state index contributed by atoms with van der Waals surface area (Å²) in [6.07, 6.45) is 0. The van der Waals surface area contributed by atoms with Crippen LogP contribution >= 0.6 is 0 Å². The van der Waals surface area contributed by atoms with Crippen LogP contribution in [0.1, 0.15) is 6.92 Å². The summed E-state index contributed by atoms with van der Waals surface area (Å²) in [4.78, 5) is 0. The summed E-state index contributed by atoms with van der Waals surface area (Å²) in [5, 5.41) is 0.467. The van der Waals surface area contributed by atoms with Crippen LogP contribution in [0.4, 0.5) is 0 Å². The molecule has 0 unspecified atom stereocenters. The Balaban J connectivity index is 2.20. The van der Waals surface area contributed by atoms with E-state index in [0.717, 1.165) is 13.2 Å². The standard InChI is InChI=1S/C5H12O2Si/c1-5(8-6-2)3-7-4-5/h3-4,8H2,1-2H3. The Morgan fingerprint density at radius 3 is 2.38 bits per heavy atom. The van der Waals surface area contributed by atoms with E-state index in [-0.39, 0.29) is 9.76 Å². The molecule has 0 saturated carbocycles. The summed E-state index contributed by atoms with van der Waals surface area (Å²) < 4.78 is 10.2. The summed E-state index contributed by atoms with van der Waals surface area (Å²) in [7, 11) is 1.50. The summed E-state index contributed by atoms with van der Waals surface area (Å²) in [5.41, 5.74) is 0. The van der Waals surface area contributed by atoms with Crippen LogP contribution in [-0.2, 0) is 9.16 Å². The predicted octanol–water partition coefficient (Wildman–Crippen LogP) is -0.0746. The van der Waals surface area contributed by atoms with Crippen molar-refractivity contribution in [1.29, 1.82) is 0 Å². The average molecular weight is 132 g/mol. The molecule has 0 spiro atoms. The van der Waals surface area contributed by atoms with Crippen molar-refractivity contribution in [3.05, 3.63) is 0 Å². The lowest BCUT2D eigenvalue weighted by Crippen LogP contribution is -2.38. The van der Waals surface area contributed by atoms with E-state index in [1.807, 2.05) is 0 Å². The maximum atomic E-state index is 5.11. The maximum absolute atomic E-state index is 5.11. The van der Waals surface area contributed by atoms with Gasteiger partial charge in [0.15, 0.2) is 9.76 Å². The van der Waals surface area contributed by atoms with Crippen LogP contribution < -0.4 is 0 Å². The second-order valence-electron chi connectivity index (χ2n) is 2.74. The molecular formula is C5H12O2Si. The highest BCUT2D eigenvalue weighted by molar-refractivity contribution is 6.32. The van der Waals surface area contributed by atoms with Gasteiger partial charge in [0.1, 0.15) is 0 Å². The third-order valence-electron chi connectivity index (χ3n) is 1.39. The number of hydrogen-bond acceptors (Lipinski definition) is 2. The summed E-state index contributed by atoms with van der Waals surface area (Å²) in [5.74, 6) is 0. The highest BCUT2D eigenvalue weighted by atomic mass is 28.2. The molecule has 0 aliphatic carbocycles. The first-order chi connectivity index (χ1) is 3.77. The highest BCUT2D eigenvalue weighted by Gasteiger charge is 2.33. The first-order valence-electron chi connectivity index (χ1n) is 2.83. The molecule has 0 aromatic heterocycles. The lowest BCUT2D eigenvalue weighted by molar-refractivity contribution is -0.0171. The molecule has 0 N–H and O–H groups in total. The van der Waals surface area contributed by atoms with Gasteiger partial charge in [-0.3, -0.25) is 0 Å². The van der Waals surface area contributed by atoms with Gasteiger partial charge in [0, 0.05) is 12.1 Å². The van der Waals surface area contributed by atoms with Gasteiger partial charge in [0.25, 0.3) is 0 Å². The van der Waals surface area contributed by atoms with Crippen molar-refractivity contribution >= 4 is 9.76 Å². The fourth-order valence-corrected chi connectivity index (χ4v) is 2.03. The van der Waals surface area contributed by atoms with Gasteiger partial charge in [0.2, 0.25) is 0 Å². The minimum Gasteiger partial charge on any atom is -0.426 e. The molecule has 0 radical (unpaired) electrons. The van der Waals surface area contributed by atoms with Crippen LogP contribution in [0, 0.1) is 0 Å². The smallest absolute Gasteiger partial charge is 0.171 e. The van der Waals surface area contributed by atoms with Crippen molar-refractivity contribution in [3.8, 4) is 0 Å². The Morgan fingerprint density at radius 2 is 2.25 bits per heavy atom. The zero-order valence-electron chi connectivity index (χ0n) is 5.44. The van der Waals surface area contributed by atoms with Gasteiger partial charge in [-0.15, -0.1) is 0 Å². The van der Waals surface area contributed by atoms with Crippen LogP contribution in [0.3, 0.4) is 0 Å². The third kappa shape index (κ3) is 1.10. The van der Waals surface area contributed by atoms with E-state index in [4.69, 9.17) is 9.16 Å². The molecule has 0 aromatic rings. The molecule has 1 rings (SSSR count). The van der Waals surface area contributed by atoms with Gasteiger partial charge in [-0.2, -0.15) is 0 Å². The van der Waals surface area contributed by atoms with Crippen LogP contribution in [0.5, 0.6) is 0 Å². The normalized spacial score (nSPS) is 26.2. The largest absolute Gasteiger partial charge is 0.426 e. The molecule has 3 heteroatoms. The van der Waals surface area contributed by atoms with E-state index in [2.05, 4.69) is 6.92 Å². The fraction of sp³-hybridized carbons (Fsp3) is 1.00.